The number of rotatable bonds is 3. The first-order valence-corrected chi connectivity index (χ1v) is 10.0. The topological polar surface area (TPSA) is 32.8 Å². The first-order valence-electron chi connectivity index (χ1n) is 10.0. The van der Waals surface area contributed by atoms with Crippen LogP contribution in [0.4, 0.5) is 5.69 Å². The monoisotopic (exact) mass is 372 g/mol. The number of ether oxygens (including phenoxy) is 1. The van der Waals surface area contributed by atoms with Crippen molar-refractivity contribution in [3.8, 4) is 5.75 Å². The average Bonchev–Trinajstić information content (AvgIpc) is 2.94. The van der Waals surface area contributed by atoms with Crippen LogP contribution in [0, 0.1) is 0 Å². The first-order chi connectivity index (χ1) is 13.8. The lowest BCUT2D eigenvalue weighted by Gasteiger charge is -2.27. The first kappa shape index (κ1) is 17.1. The number of benzene rings is 3. The lowest BCUT2D eigenvalue weighted by atomic mass is 10.1. The molecule has 4 heteroatoms. The van der Waals surface area contributed by atoms with E-state index in [9.17, 15) is 4.79 Å². The molecule has 2 aliphatic rings. The van der Waals surface area contributed by atoms with Gasteiger partial charge in [0.2, 0.25) is 0 Å². The van der Waals surface area contributed by atoms with Gasteiger partial charge in [-0.3, -0.25) is 4.79 Å². The van der Waals surface area contributed by atoms with Crippen LogP contribution in [-0.4, -0.2) is 43.1 Å². The summed E-state index contributed by atoms with van der Waals surface area (Å²) in [6.07, 6.45) is 2.01. The largest absolute Gasteiger partial charge is 0.483 e. The van der Waals surface area contributed by atoms with Gasteiger partial charge in [-0.05, 0) is 35.9 Å². The van der Waals surface area contributed by atoms with Crippen molar-refractivity contribution in [3.05, 3.63) is 72.3 Å². The fourth-order valence-electron chi connectivity index (χ4n) is 4.55. The number of hydrogen-bond donors (Lipinski definition) is 0. The van der Waals surface area contributed by atoms with Crippen LogP contribution in [-0.2, 0) is 11.2 Å². The fourth-order valence-corrected chi connectivity index (χ4v) is 4.55. The third-order valence-electron chi connectivity index (χ3n) is 5.91. The third kappa shape index (κ3) is 3.09. The summed E-state index contributed by atoms with van der Waals surface area (Å²) in [5, 5.41) is 2.17. The number of carbonyl (C=O) groups is 1. The Morgan fingerprint density at radius 2 is 1.79 bits per heavy atom. The quantitative estimate of drug-likeness (QED) is 0.699. The van der Waals surface area contributed by atoms with Crippen molar-refractivity contribution in [2.75, 3.05) is 31.1 Å². The summed E-state index contributed by atoms with van der Waals surface area (Å²) in [6, 6.07) is 23.1. The van der Waals surface area contributed by atoms with Gasteiger partial charge in [0, 0.05) is 30.7 Å². The zero-order valence-corrected chi connectivity index (χ0v) is 15.9. The number of carbonyl (C=O) groups excluding carboxylic acids is 1. The van der Waals surface area contributed by atoms with Crippen molar-refractivity contribution in [2.24, 2.45) is 0 Å². The molecule has 0 bridgehead atoms. The molecule has 1 fully saturated rings. The van der Waals surface area contributed by atoms with Crippen LogP contribution in [0.3, 0.4) is 0 Å². The van der Waals surface area contributed by atoms with Crippen LogP contribution in [0.15, 0.2) is 66.7 Å². The van der Waals surface area contributed by atoms with Crippen LogP contribution in [0.1, 0.15) is 12.0 Å². The molecule has 2 heterocycles. The van der Waals surface area contributed by atoms with E-state index < -0.39 is 0 Å². The van der Waals surface area contributed by atoms with E-state index in [4.69, 9.17) is 4.74 Å². The minimum absolute atomic E-state index is 0.0748. The SMILES string of the molecule is O=C(COc1cccc2ccccc12)N1CCCN2c3ccccc3CC2C1. The molecule has 142 valence electrons. The molecule has 3 aromatic carbocycles. The predicted molar refractivity (Wildman–Crippen MR) is 112 cm³/mol. The molecule has 2 aliphatic heterocycles. The van der Waals surface area contributed by atoms with Crippen molar-refractivity contribution < 1.29 is 9.53 Å². The van der Waals surface area contributed by atoms with Crippen molar-refractivity contribution in [1.82, 2.24) is 4.90 Å². The molecule has 1 amide bonds. The summed E-state index contributed by atoms with van der Waals surface area (Å²) < 4.78 is 5.94. The van der Waals surface area contributed by atoms with Gasteiger partial charge in [0.15, 0.2) is 6.61 Å². The van der Waals surface area contributed by atoms with Gasteiger partial charge in [-0.15, -0.1) is 0 Å². The Kier molecular flexibility index (Phi) is 4.40. The summed E-state index contributed by atoms with van der Waals surface area (Å²) >= 11 is 0. The highest BCUT2D eigenvalue weighted by molar-refractivity contribution is 5.88. The smallest absolute Gasteiger partial charge is 0.260 e. The lowest BCUT2D eigenvalue weighted by Crippen LogP contribution is -2.43. The molecule has 1 unspecified atom stereocenters. The molecule has 0 spiro atoms. The second-order valence-electron chi connectivity index (χ2n) is 7.64. The molecule has 0 N–H and O–H groups in total. The predicted octanol–water partition coefficient (Wildman–Crippen LogP) is 3.88. The maximum absolute atomic E-state index is 12.9. The van der Waals surface area contributed by atoms with Gasteiger partial charge in [0.05, 0.1) is 6.04 Å². The lowest BCUT2D eigenvalue weighted by molar-refractivity contribution is -0.133. The second kappa shape index (κ2) is 7.19. The maximum Gasteiger partial charge on any atom is 0.260 e. The standard InChI is InChI=1S/C24H24N2O2/c27-24(17-28-23-12-5-9-18-7-1-3-10-21(18)23)25-13-6-14-26-20(16-25)15-19-8-2-4-11-22(19)26/h1-5,7-12,20H,6,13-17H2. The van der Waals surface area contributed by atoms with E-state index in [2.05, 4.69) is 41.3 Å². The highest BCUT2D eigenvalue weighted by atomic mass is 16.5. The zero-order valence-electron chi connectivity index (χ0n) is 15.9. The number of fused-ring (bicyclic) bond motifs is 4. The van der Waals surface area contributed by atoms with E-state index in [1.165, 1.54) is 11.3 Å². The Morgan fingerprint density at radius 3 is 2.75 bits per heavy atom. The van der Waals surface area contributed by atoms with E-state index in [0.717, 1.165) is 49.0 Å². The van der Waals surface area contributed by atoms with Gasteiger partial charge in [-0.1, -0.05) is 54.6 Å². The molecule has 0 aromatic heterocycles. The summed E-state index contributed by atoms with van der Waals surface area (Å²) in [6.45, 7) is 2.67. The molecule has 4 nitrogen and oxygen atoms in total. The molecule has 1 saturated heterocycles. The Balaban J connectivity index is 1.27. The van der Waals surface area contributed by atoms with Gasteiger partial charge in [0.1, 0.15) is 5.75 Å². The summed E-state index contributed by atoms with van der Waals surface area (Å²) in [4.78, 5) is 17.4. The molecule has 0 radical (unpaired) electrons. The third-order valence-corrected chi connectivity index (χ3v) is 5.91. The Bertz CT molecular complexity index is 1010. The number of anilines is 1. The number of para-hydroxylation sites is 1. The van der Waals surface area contributed by atoms with Crippen molar-refractivity contribution >= 4 is 22.4 Å². The van der Waals surface area contributed by atoms with Crippen LogP contribution in [0.5, 0.6) is 5.75 Å². The van der Waals surface area contributed by atoms with Crippen LogP contribution >= 0.6 is 0 Å². The van der Waals surface area contributed by atoms with Gasteiger partial charge < -0.3 is 14.5 Å². The highest BCUT2D eigenvalue weighted by Gasteiger charge is 2.33. The normalized spacial score (nSPS) is 18.5. The van der Waals surface area contributed by atoms with E-state index in [0.29, 0.717) is 6.04 Å². The van der Waals surface area contributed by atoms with Crippen molar-refractivity contribution in [1.29, 1.82) is 0 Å². The number of nitrogens with zero attached hydrogens (tertiary/aromatic N) is 2. The molecule has 28 heavy (non-hydrogen) atoms. The summed E-state index contributed by atoms with van der Waals surface area (Å²) in [7, 11) is 0. The number of hydrogen-bond acceptors (Lipinski definition) is 3. The van der Waals surface area contributed by atoms with Gasteiger partial charge in [-0.2, -0.15) is 0 Å². The van der Waals surface area contributed by atoms with E-state index in [-0.39, 0.29) is 12.5 Å². The molecule has 3 aromatic rings. The molecular weight excluding hydrogens is 348 g/mol. The fraction of sp³-hybridized carbons (Fsp3) is 0.292. The minimum atomic E-state index is 0.0748. The van der Waals surface area contributed by atoms with Crippen molar-refractivity contribution in [3.63, 3.8) is 0 Å². The maximum atomic E-state index is 12.9. The molecule has 1 atom stereocenters. The van der Waals surface area contributed by atoms with Gasteiger partial charge in [-0.25, -0.2) is 0 Å². The second-order valence-corrected chi connectivity index (χ2v) is 7.64. The van der Waals surface area contributed by atoms with Crippen LogP contribution in [0.25, 0.3) is 10.8 Å². The highest BCUT2D eigenvalue weighted by Crippen LogP contribution is 2.33. The Hall–Kier alpha value is -3.01. The molecule has 0 aliphatic carbocycles. The molecule has 0 saturated carbocycles. The summed E-state index contributed by atoms with van der Waals surface area (Å²) in [5.41, 5.74) is 2.74. The Morgan fingerprint density at radius 1 is 0.964 bits per heavy atom. The van der Waals surface area contributed by atoms with E-state index in [1.54, 1.807) is 0 Å². The minimum Gasteiger partial charge on any atom is -0.483 e. The van der Waals surface area contributed by atoms with Crippen LogP contribution in [0.2, 0.25) is 0 Å². The zero-order chi connectivity index (χ0) is 18.9. The molecular formula is C24H24N2O2. The molecule has 5 rings (SSSR count). The van der Waals surface area contributed by atoms with Gasteiger partial charge >= 0.3 is 0 Å². The van der Waals surface area contributed by atoms with Gasteiger partial charge in [0.25, 0.3) is 5.91 Å². The van der Waals surface area contributed by atoms with Crippen molar-refractivity contribution in [2.45, 2.75) is 18.9 Å². The van der Waals surface area contributed by atoms with E-state index in [1.807, 2.05) is 35.2 Å². The van der Waals surface area contributed by atoms with E-state index >= 15 is 0 Å². The Labute approximate surface area is 165 Å². The average molecular weight is 372 g/mol. The number of amides is 1. The summed E-state index contributed by atoms with van der Waals surface area (Å²) in [5.74, 6) is 0.849. The van der Waals surface area contributed by atoms with Crippen LogP contribution < -0.4 is 9.64 Å².